The van der Waals surface area contributed by atoms with Gasteiger partial charge in [-0.05, 0) is 26.0 Å². The van der Waals surface area contributed by atoms with Crippen molar-refractivity contribution >= 4 is 5.69 Å². The quantitative estimate of drug-likeness (QED) is 0.876. The van der Waals surface area contributed by atoms with Gasteiger partial charge in [0, 0.05) is 50.2 Å². The second-order valence-corrected chi connectivity index (χ2v) is 5.38. The minimum absolute atomic E-state index is 0.416. The molecule has 0 aliphatic rings. The van der Waals surface area contributed by atoms with E-state index < -0.39 is 0 Å². The van der Waals surface area contributed by atoms with Crippen LogP contribution in [-0.2, 0) is 13.6 Å². The molecule has 108 valence electrons. The number of para-hydroxylation sites is 1. The zero-order chi connectivity index (χ0) is 14.5. The van der Waals surface area contributed by atoms with Crippen molar-refractivity contribution in [2.45, 2.75) is 26.4 Å². The number of aromatic nitrogens is 2. The highest BCUT2D eigenvalue weighted by Gasteiger charge is 2.08. The van der Waals surface area contributed by atoms with E-state index in [1.165, 1.54) is 16.9 Å². The van der Waals surface area contributed by atoms with Gasteiger partial charge in [0.2, 0.25) is 0 Å². The molecule has 0 bridgehead atoms. The molecule has 0 saturated heterocycles. The summed E-state index contributed by atoms with van der Waals surface area (Å²) in [6.07, 6.45) is 1.94. The van der Waals surface area contributed by atoms with E-state index in [9.17, 15) is 0 Å². The smallest absolute Gasteiger partial charge is 0.0537 e. The summed E-state index contributed by atoms with van der Waals surface area (Å²) in [6, 6.07) is 10.9. The van der Waals surface area contributed by atoms with E-state index in [2.05, 4.69) is 60.5 Å². The average Bonchev–Trinajstić information content (AvgIpc) is 2.77. The molecule has 1 atom stereocenters. The van der Waals surface area contributed by atoms with Crippen molar-refractivity contribution < 1.29 is 0 Å². The van der Waals surface area contributed by atoms with Crippen LogP contribution in [0.4, 0.5) is 5.69 Å². The van der Waals surface area contributed by atoms with Crippen LogP contribution in [0, 0.1) is 6.92 Å². The molecule has 0 radical (unpaired) electrons. The van der Waals surface area contributed by atoms with Crippen LogP contribution >= 0.6 is 0 Å². The molecule has 1 N–H and O–H groups in total. The van der Waals surface area contributed by atoms with Crippen LogP contribution in [0.3, 0.4) is 0 Å². The molecule has 0 aliphatic carbocycles. The third kappa shape index (κ3) is 3.61. The lowest BCUT2D eigenvalue weighted by Gasteiger charge is -2.24. The number of hydrogen-bond acceptors (Lipinski definition) is 3. The van der Waals surface area contributed by atoms with Gasteiger partial charge in [0.05, 0.1) is 6.20 Å². The summed E-state index contributed by atoms with van der Waals surface area (Å²) in [5, 5.41) is 7.83. The Morgan fingerprint density at radius 3 is 2.60 bits per heavy atom. The summed E-state index contributed by atoms with van der Waals surface area (Å²) < 4.78 is 1.91. The minimum atomic E-state index is 0.416. The third-order valence-corrected chi connectivity index (χ3v) is 3.72. The molecular weight excluding hydrogens is 248 g/mol. The van der Waals surface area contributed by atoms with E-state index in [0.717, 1.165) is 13.1 Å². The summed E-state index contributed by atoms with van der Waals surface area (Å²) in [5.74, 6) is 0. The van der Waals surface area contributed by atoms with Crippen molar-refractivity contribution in [2.24, 2.45) is 7.05 Å². The van der Waals surface area contributed by atoms with Crippen LogP contribution in [0.5, 0.6) is 0 Å². The topological polar surface area (TPSA) is 33.1 Å². The number of anilines is 1. The van der Waals surface area contributed by atoms with Crippen molar-refractivity contribution in [2.75, 3.05) is 18.5 Å². The van der Waals surface area contributed by atoms with Crippen LogP contribution in [0.25, 0.3) is 0 Å². The monoisotopic (exact) mass is 272 g/mol. The molecule has 0 unspecified atom stereocenters. The Balaban J connectivity index is 1.84. The molecule has 2 rings (SSSR count). The van der Waals surface area contributed by atoms with Crippen LogP contribution in [0.15, 0.2) is 36.5 Å². The molecule has 1 aromatic heterocycles. The van der Waals surface area contributed by atoms with Gasteiger partial charge in [-0.3, -0.25) is 4.68 Å². The molecule has 2 aromatic rings. The van der Waals surface area contributed by atoms with Gasteiger partial charge in [0.1, 0.15) is 0 Å². The highest BCUT2D eigenvalue weighted by Crippen LogP contribution is 2.11. The summed E-state index contributed by atoms with van der Waals surface area (Å²) in [4.78, 5) is 2.27. The summed E-state index contributed by atoms with van der Waals surface area (Å²) >= 11 is 0. The van der Waals surface area contributed by atoms with Gasteiger partial charge in [-0.25, -0.2) is 0 Å². The normalized spacial score (nSPS) is 12.4. The van der Waals surface area contributed by atoms with Gasteiger partial charge in [-0.2, -0.15) is 5.10 Å². The van der Waals surface area contributed by atoms with E-state index in [1.54, 1.807) is 0 Å². The van der Waals surface area contributed by atoms with Crippen molar-refractivity contribution in [3.05, 3.63) is 47.8 Å². The fourth-order valence-electron chi connectivity index (χ4n) is 2.27. The molecule has 0 spiro atoms. The Kier molecular flexibility index (Phi) is 4.79. The van der Waals surface area contributed by atoms with Crippen molar-refractivity contribution in [3.8, 4) is 0 Å². The van der Waals surface area contributed by atoms with Crippen LogP contribution in [0.2, 0.25) is 0 Å². The average molecular weight is 272 g/mol. The standard InChI is InChI=1S/C16H24N4/c1-13(12-19(3)16-8-6-5-7-9-16)17-10-15-11-18-20(4)14(15)2/h5-9,11,13,17H,10,12H2,1-4H3/t13-/m1/s1. The highest BCUT2D eigenvalue weighted by molar-refractivity contribution is 5.45. The van der Waals surface area contributed by atoms with Gasteiger partial charge in [-0.1, -0.05) is 18.2 Å². The lowest BCUT2D eigenvalue weighted by molar-refractivity contribution is 0.544. The number of benzene rings is 1. The van der Waals surface area contributed by atoms with Crippen LogP contribution in [-0.4, -0.2) is 29.4 Å². The number of hydrogen-bond donors (Lipinski definition) is 1. The van der Waals surface area contributed by atoms with E-state index in [-0.39, 0.29) is 0 Å². The zero-order valence-corrected chi connectivity index (χ0v) is 12.8. The lowest BCUT2D eigenvalue weighted by Crippen LogP contribution is -2.37. The van der Waals surface area contributed by atoms with Gasteiger partial charge in [-0.15, -0.1) is 0 Å². The molecule has 20 heavy (non-hydrogen) atoms. The predicted molar refractivity (Wildman–Crippen MR) is 84.0 cm³/mol. The second kappa shape index (κ2) is 6.57. The largest absolute Gasteiger partial charge is 0.373 e. The third-order valence-electron chi connectivity index (χ3n) is 3.72. The first-order chi connectivity index (χ1) is 9.58. The fourth-order valence-corrected chi connectivity index (χ4v) is 2.27. The van der Waals surface area contributed by atoms with Gasteiger partial charge in [0.25, 0.3) is 0 Å². The Labute approximate surface area is 121 Å². The Morgan fingerprint density at radius 2 is 2.00 bits per heavy atom. The number of nitrogens with one attached hydrogen (secondary N) is 1. The van der Waals surface area contributed by atoms with Crippen molar-refractivity contribution in [1.82, 2.24) is 15.1 Å². The zero-order valence-electron chi connectivity index (χ0n) is 12.8. The second-order valence-electron chi connectivity index (χ2n) is 5.38. The van der Waals surface area contributed by atoms with E-state index in [4.69, 9.17) is 0 Å². The molecule has 4 heteroatoms. The highest BCUT2D eigenvalue weighted by atomic mass is 15.3. The van der Waals surface area contributed by atoms with Gasteiger partial charge in [0.15, 0.2) is 0 Å². The minimum Gasteiger partial charge on any atom is -0.373 e. The van der Waals surface area contributed by atoms with Crippen LogP contribution < -0.4 is 10.2 Å². The SMILES string of the molecule is Cc1c(CN[C@H](C)CN(C)c2ccccc2)cnn1C. The summed E-state index contributed by atoms with van der Waals surface area (Å²) in [7, 11) is 4.11. The Hall–Kier alpha value is -1.81. The molecule has 0 saturated carbocycles. The maximum atomic E-state index is 4.27. The van der Waals surface area contributed by atoms with Gasteiger partial charge >= 0.3 is 0 Å². The molecular formula is C16H24N4. The Morgan fingerprint density at radius 1 is 1.30 bits per heavy atom. The molecule has 0 fully saturated rings. The maximum Gasteiger partial charge on any atom is 0.0537 e. The maximum absolute atomic E-state index is 4.27. The fraction of sp³-hybridized carbons (Fsp3) is 0.438. The number of nitrogens with zero attached hydrogens (tertiary/aromatic N) is 3. The number of likely N-dealkylation sites (N-methyl/N-ethyl adjacent to an activating group) is 1. The van der Waals surface area contributed by atoms with Crippen molar-refractivity contribution in [1.29, 1.82) is 0 Å². The molecule has 4 nitrogen and oxygen atoms in total. The number of rotatable bonds is 6. The summed E-state index contributed by atoms with van der Waals surface area (Å²) in [5.41, 5.74) is 3.74. The number of aryl methyl sites for hydroxylation is 1. The molecule has 0 aliphatic heterocycles. The summed E-state index contributed by atoms with van der Waals surface area (Å²) in [6.45, 7) is 6.16. The van der Waals surface area contributed by atoms with Crippen molar-refractivity contribution in [3.63, 3.8) is 0 Å². The van der Waals surface area contributed by atoms with E-state index >= 15 is 0 Å². The predicted octanol–water partition coefficient (Wildman–Crippen LogP) is 2.34. The molecule has 1 aromatic carbocycles. The lowest BCUT2D eigenvalue weighted by atomic mass is 10.2. The molecule has 0 amide bonds. The molecule has 1 heterocycles. The van der Waals surface area contributed by atoms with Crippen LogP contribution in [0.1, 0.15) is 18.2 Å². The van der Waals surface area contributed by atoms with E-state index in [0.29, 0.717) is 6.04 Å². The first kappa shape index (κ1) is 14.6. The Bertz CT molecular complexity index is 533. The first-order valence-electron chi connectivity index (χ1n) is 7.05. The first-order valence-corrected chi connectivity index (χ1v) is 7.05. The van der Waals surface area contributed by atoms with E-state index in [1.807, 2.05) is 24.0 Å². The van der Waals surface area contributed by atoms with Gasteiger partial charge < -0.3 is 10.2 Å².